The second-order valence-electron chi connectivity index (χ2n) is 8.92. The molecule has 6 rings (SSSR count). The summed E-state index contributed by atoms with van der Waals surface area (Å²) in [6.07, 6.45) is 8.32. The molecule has 3 aliphatic rings. The second kappa shape index (κ2) is 7.19. The van der Waals surface area contributed by atoms with Crippen LogP contribution in [0, 0.1) is 0 Å². The largest absolute Gasteiger partial charge is 0.507 e. The molecule has 166 valence electrons. The summed E-state index contributed by atoms with van der Waals surface area (Å²) in [5.74, 6) is -2.20. The van der Waals surface area contributed by atoms with Crippen molar-refractivity contribution < 1.29 is 13.9 Å². The third kappa shape index (κ3) is 3.21. The van der Waals surface area contributed by atoms with Crippen molar-refractivity contribution in [3.8, 4) is 28.3 Å². The number of phenols is 1. The van der Waals surface area contributed by atoms with Crippen LogP contribution in [-0.2, 0) is 0 Å². The van der Waals surface area contributed by atoms with Crippen LogP contribution in [-0.4, -0.2) is 60.6 Å². The average Bonchev–Trinajstić information content (AvgIpc) is 3.29. The van der Waals surface area contributed by atoms with E-state index in [1.54, 1.807) is 29.4 Å². The Kier molecular flexibility index (Phi) is 4.39. The lowest BCUT2D eigenvalue weighted by Crippen LogP contribution is -2.63. The first-order valence-electron chi connectivity index (χ1n) is 10.9. The van der Waals surface area contributed by atoms with E-state index in [9.17, 15) is 5.11 Å². The number of nitrogens with zero attached hydrogens (tertiary/aromatic N) is 5. The number of aromatic hydroxyl groups is 1. The van der Waals surface area contributed by atoms with Gasteiger partial charge in [-0.05, 0) is 49.8 Å². The van der Waals surface area contributed by atoms with Crippen LogP contribution in [0.25, 0.3) is 22.5 Å². The van der Waals surface area contributed by atoms with E-state index in [-0.39, 0.29) is 23.7 Å². The molecular formula is C22H23F2N7O. The van der Waals surface area contributed by atoms with Crippen LogP contribution in [0.5, 0.6) is 5.75 Å². The van der Waals surface area contributed by atoms with Crippen LogP contribution in [0.2, 0.25) is 0 Å². The van der Waals surface area contributed by atoms with E-state index < -0.39 is 18.0 Å². The van der Waals surface area contributed by atoms with E-state index in [1.165, 1.54) is 6.20 Å². The van der Waals surface area contributed by atoms with E-state index in [1.807, 2.05) is 6.07 Å². The van der Waals surface area contributed by atoms with Gasteiger partial charge in [-0.3, -0.25) is 5.10 Å². The van der Waals surface area contributed by atoms with E-state index in [0.717, 1.165) is 30.4 Å². The molecule has 10 heteroatoms. The number of hydrogen-bond acceptors (Lipinski definition) is 7. The number of rotatable bonds is 5. The maximum atomic E-state index is 15.2. The van der Waals surface area contributed by atoms with Crippen molar-refractivity contribution in [3.05, 3.63) is 36.8 Å². The van der Waals surface area contributed by atoms with Crippen molar-refractivity contribution in [2.24, 2.45) is 0 Å². The third-order valence-corrected chi connectivity index (χ3v) is 6.82. The van der Waals surface area contributed by atoms with Crippen LogP contribution in [0.15, 0.2) is 36.8 Å². The summed E-state index contributed by atoms with van der Waals surface area (Å²) in [6.45, 7) is 0. The van der Waals surface area contributed by atoms with Crippen LogP contribution < -0.4 is 10.2 Å². The number of aromatic nitrogens is 5. The lowest BCUT2D eigenvalue weighted by molar-refractivity contribution is -0.0743. The highest BCUT2D eigenvalue weighted by molar-refractivity contribution is 5.72. The van der Waals surface area contributed by atoms with E-state index in [4.69, 9.17) is 0 Å². The fourth-order valence-electron chi connectivity index (χ4n) is 5.04. The number of anilines is 1. The molecule has 1 saturated carbocycles. The van der Waals surface area contributed by atoms with Crippen LogP contribution in [0.1, 0.15) is 32.1 Å². The standard InChI is InChI=1S/C22H23F2N7O/c23-22(24)18-6-2-14(28-18)8-19(22)31(15-3-4-15)20-11-25-21(30-29-20)16-5-1-12(7-17(16)32)13-9-26-27-10-13/h1,5,7,9-11,14-15,18-19,28,32H,2-4,6,8H2,(H,26,27)/t14-,18+,19-/m0/s1. The van der Waals surface area contributed by atoms with Gasteiger partial charge in [0, 0.05) is 23.8 Å². The molecular weight excluding hydrogens is 416 g/mol. The predicted molar refractivity (Wildman–Crippen MR) is 113 cm³/mol. The van der Waals surface area contributed by atoms with Gasteiger partial charge in [-0.2, -0.15) is 5.10 Å². The van der Waals surface area contributed by atoms with Crippen LogP contribution in [0.4, 0.5) is 14.6 Å². The molecule has 0 spiro atoms. The molecule has 0 radical (unpaired) electrons. The zero-order valence-electron chi connectivity index (χ0n) is 17.2. The lowest BCUT2D eigenvalue weighted by atomic mass is 9.93. The number of aromatic amines is 1. The number of fused-ring (bicyclic) bond motifs is 2. The van der Waals surface area contributed by atoms with Gasteiger partial charge in [0.15, 0.2) is 11.6 Å². The van der Waals surface area contributed by atoms with Crippen LogP contribution >= 0.6 is 0 Å². The third-order valence-electron chi connectivity index (χ3n) is 6.82. The predicted octanol–water partition coefficient (Wildman–Crippen LogP) is 3.13. The van der Waals surface area contributed by atoms with Gasteiger partial charge in [0.1, 0.15) is 5.75 Å². The Bertz CT molecular complexity index is 1120. The quantitative estimate of drug-likeness (QED) is 0.561. The van der Waals surface area contributed by atoms with Gasteiger partial charge in [0.05, 0.1) is 30.0 Å². The first-order chi connectivity index (χ1) is 15.5. The Labute approximate surface area is 183 Å². The Morgan fingerprint density at radius 2 is 1.94 bits per heavy atom. The number of phenolic OH excluding ortho intramolecular Hbond substituents is 1. The van der Waals surface area contributed by atoms with Gasteiger partial charge in [-0.1, -0.05) is 6.07 Å². The minimum atomic E-state index is -2.84. The number of benzene rings is 1. The summed E-state index contributed by atoms with van der Waals surface area (Å²) < 4.78 is 30.4. The molecule has 1 aromatic carbocycles. The van der Waals surface area contributed by atoms with Crippen molar-refractivity contribution >= 4 is 5.82 Å². The molecule has 2 saturated heterocycles. The van der Waals surface area contributed by atoms with Gasteiger partial charge in [-0.25, -0.2) is 13.8 Å². The molecule has 3 fully saturated rings. The second-order valence-corrected chi connectivity index (χ2v) is 8.92. The molecule has 0 unspecified atom stereocenters. The van der Waals surface area contributed by atoms with Crippen molar-refractivity contribution in [3.63, 3.8) is 0 Å². The number of halogens is 2. The molecule has 3 aromatic rings. The number of hydrogen-bond donors (Lipinski definition) is 3. The summed E-state index contributed by atoms with van der Waals surface area (Å²) in [5, 5.41) is 28.7. The molecule has 1 aliphatic carbocycles. The summed E-state index contributed by atoms with van der Waals surface area (Å²) in [7, 11) is 0. The number of H-pyrrole nitrogens is 1. The number of piperidine rings is 1. The summed E-state index contributed by atoms with van der Waals surface area (Å²) >= 11 is 0. The molecule has 2 aromatic heterocycles. The fraction of sp³-hybridized carbons (Fsp3) is 0.455. The topological polar surface area (TPSA) is 103 Å². The smallest absolute Gasteiger partial charge is 0.283 e. The first kappa shape index (κ1) is 19.5. The average molecular weight is 439 g/mol. The zero-order valence-corrected chi connectivity index (χ0v) is 17.2. The Morgan fingerprint density at radius 3 is 2.62 bits per heavy atom. The summed E-state index contributed by atoms with van der Waals surface area (Å²) in [4.78, 5) is 6.12. The minimum absolute atomic E-state index is 0.0127. The summed E-state index contributed by atoms with van der Waals surface area (Å²) in [5.41, 5.74) is 2.07. The Morgan fingerprint density at radius 1 is 1.06 bits per heavy atom. The highest BCUT2D eigenvalue weighted by Crippen LogP contribution is 2.45. The normalized spacial score (nSPS) is 26.2. The highest BCUT2D eigenvalue weighted by atomic mass is 19.3. The zero-order chi connectivity index (χ0) is 21.9. The molecule has 0 amide bonds. The first-order valence-corrected chi connectivity index (χ1v) is 10.9. The highest BCUT2D eigenvalue weighted by Gasteiger charge is 2.58. The maximum Gasteiger partial charge on any atom is 0.283 e. The Hall–Kier alpha value is -3.14. The molecule has 2 aliphatic heterocycles. The van der Waals surface area contributed by atoms with Crippen molar-refractivity contribution in [1.29, 1.82) is 0 Å². The van der Waals surface area contributed by atoms with Crippen molar-refractivity contribution in [1.82, 2.24) is 30.7 Å². The van der Waals surface area contributed by atoms with E-state index in [2.05, 4.69) is 30.7 Å². The Balaban J connectivity index is 1.29. The maximum absolute atomic E-state index is 15.2. The summed E-state index contributed by atoms with van der Waals surface area (Å²) in [6, 6.07) is 3.64. The van der Waals surface area contributed by atoms with Gasteiger partial charge < -0.3 is 15.3 Å². The molecule has 8 nitrogen and oxygen atoms in total. The van der Waals surface area contributed by atoms with Crippen LogP contribution in [0.3, 0.4) is 0 Å². The molecule has 3 atom stereocenters. The van der Waals surface area contributed by atoms with Gasteiger partial charge in [0.25, 0.3) is 5.92 Å². The van der Waals surface area contributed by atoms with Gasteiger partial charge >= 0.3 is 0 Å². The number of alkyl halides is 2. The van der Waals surface area contributed by atoms with Gasteiger partial charge in [0.2, 0.25) is 0 Å². The molecule has 32 heavy (non-hydrogen) atoms. The monoisotopic (exact) mass is 439 g/mol. The van der Waals surface area contributed by atoms with Crippen molar-refractivity contribution in [2.45, 2.75) is 62.2 Å². The molecule has 4 heterocycles. The SMILES string of the molecule is Oc1cc(-c2cn[nH]c2)ccc1-c1ncc(N(C2CC2)[C@H]2C[C@@H]3CC[C@@H](N3)C2(F)F)nn1. The fourth-order valence-corrected chi connectivity index (χ4v) is 5.04. The lowest BCUT2D eigenvalue weighted by Gasteiger charge is -2.43. The van der Waals surface area contributed by atoms with Crippen molar-refractivity contribution in [2.75, 3.05) is 4.90 Å². The van der Waals surface area contributed by atoms with E-state index in [0.29, 0.717) is 24.2 Å². The molecule has 2 bridgehead atoms. The number of nitrogens with one attached hydrogen (secondary N) is 2. The minimum Gasteiger partial charge on any atom is -0.507 e. The molecule has 3 N–H and O–H groups in total. The van der Waals surface area contributed by atoms with E-state index >= 15 is 8.78 Å². The van der Waals surface area contributed by atoms with Gasteiger partial charge in [-0.15, -0.1) is 10.2 Å².